The van der Waals surface area contributed by atoms with Crippen LogP contribution in [0, 0.1) is 6.92 Å². The summed E-state index contributed by atoms with van der Waals surface area (Å²) in [6.45, 7) is 1.68. The van der Waals surface area contributed by atoms with Crippen molar-refractivity contribution in [3.05, 3.63) is 59.4 Å². The smallest absolute Gasteiger partial charge is 0.452 e. The van der Waals surface area contributed by atoms with Crippen molar-refractivity contribution >= 4 is 10.0 Å². The summed E-state index contributed by atoms with van der Waals surface area (Å²) in [6, 6.07) is 10.0. The molecule has 2 aromatic carbocycles. The maximum absolute atomic E-state index is 12.8. The predicted molar refractivity (Wildman–Crippen MR) is 98.3 cm³/mol. The van der Waals surface area contributed by atoms with Crippen molar-refractivity contribution < 1.29 is 35.6 Å². The van der Waals surface area contributed by atoms with E-state index in [-0.39, 0.29) is 29.5 Å². The molecule has 11 heteroatoms. The number of hydrogen-bond acceptors (Lipinski definition) is 6. The molecule has 0 aliphatic carbocycles. The van der Waals surface area contributed by atoms with Crippen LogP contribution >= 0.6 is 0 Å². The number of halogens is 3. The number of benzene rings is 2. The Hall–Kier alpha value is -3.05. The minimum atomic E-state index is -4.68. The van der Waals surface area contributed by atoms with Crippen molar-refractivity contribution in [3.8, 4) is 22.8 Å². The van der Waals surface area contributed by atoms with E-state index in [2.05, 4.69) is 14.4 Å². The second kappa shape index (κ2) is 7.33. The summed E-state index contributed by atoms with van der Waals surface area (Å²) in [6.07, 6.45) is -4.68. The van der Waals surface area contributed by atoms with Gasteiger partial charge in [0.05, 0.1) is 4.90 Å². The Balaban J connectivity index is 1.58. The lowest BCUT2D eigenvalue weighted by Gasteiger charge is -2.11. The van der Waals surface area contributed by atoms with Crippen molar-refractivity contribution in [2.45, 2.75) is 24.5 Å². The van der Waals surface area contributed by atoms with Crippen LogP contribution in [0.15, 0.2) is 51.9 Å². The molecule has 0 spiro atoms. The first-order valence-corrected chi connectivity index (χ1v) is 10.1. The van der Waals surface area contributed by atoms with E-state index in [0.29, 0.717) is 22.6 Å². The van der Waals surface area contributed by atoms with Gasteiger partial charge in [-0.25, -0.2) is 13.1 Å². The van der Waals surface area contributed by atoms with Gasteiger partial charge in [0.15, 0.2) is 11.5 Å². The molecule has 0 saturated heterocycles. The highest BCUT2D eigenvalue weighted by Crippen LogP contribution is 2.34. The molecule has 1 aromatic heterocycles. The van der Waals surface area contributed by atoms with E-state index in [0.717, 1.165) is 6.07 Å². The zero-order valence-corrected chi connectivity index (χ0v) is 16.3. The molecule has 4 rings (SSSR count). The van der Waals surface area contributed by atoms with Gasteiger partial charge in [0.25, 0.3) is 0 Å². The molecule has 0 unspecified atom stereocenters. The summed E-state index contributed by atoms with van der Waals surface area (Å²) in [5.41, 5.74) is 1.15. The van der Waals surface area contributed by atoms with Crippen LogP contribution < -0.4 is 14.2 Å². The highest BCUT2D eigenvalue weighted by Gasteiger charge is 2.36. The van der Waals surface area contributed by atoms with E-state index in [1.54, 1.807) is 25.1 Å². The summed E-state index contributed by atoms with van der Waals surface area (Å²) in [5.74, 6) is -0.157. The van der Waals surface area contributed by atoms with E-state index in [9.17, 15) is 21.6 Å². The lowest BCUT2D eigenvalue weighted by molar-refractivity contribution is -0.155. The number of ether oxygens (including phenoxy) is 2. The van der Waals surface area contributed by atoms with Crippen LogP contribution in [0.4, 0.5) is 13.2 Å². The van der Waals surface area contributed by atoms with Crippen LogP contribution in [-0.4, -0.2) is 20.4 Å². The summed E-state index contributed by atoms with van der Waals surface area (Å²) < 4.78 is 81.1. The lowest BCUT2D eigenvalue weighted by atomic mass is 10.1. The van der Waals surface area contributed by atoms with E-state index >= 15 is 0 Å². The van der Waals surface area contributed by atoms with Crippen LogP contribution in [0.3, 0.4) is 0 Å². The Bertz CT molecular complexity index is 1210. The summed E-state index contributed by atoms with van der Waals surface area (Å²) in [5, 5.41) is 3.40. The fourth-order valence-electron chi connectivity index (χ4n) is 2.90. The van der Waals surface area contributed by atoms with E-state index in [1.807, 2.05) is 0 Å². The quantitative estimate of drug-likeness (QED) is 0.648. The Morgan fingerprint density at radius 3 is 2.57 bits per heavy atom. The summed E-state index contributed by atoms with van der Waals surface area (Å²) in [7, 11) is -3.96. The molecule has 158 valence electrons. The van der Waals surface area contributed by atoms with Gasteiger partial charge in [-0.2, -0.15) is 13.2 Å². The molecule has 0 amide bonds. The van der Waals surface area contributed by atoms with Gasteiger partial charge >= 0.3 is 6.18 Å². The van der Waals surface area contributed by atoms with Crippen LogP contribution in [0.5, 0.6) is 11.5 Å². The van der Waals surface area contributed by atoms with Gasteiger partial charge in [0, 0.05) is 18.2 Å². The second-order valence-electron chi connectivity index (χ2n) is 6.57. The topological polar surface area (TPSA) is 90.7 Å². The van der Waals surface area contributed by atoms with E-state index in [1.165, 1.54) is 18.2 Å². The van der Waals surface area contributed by atoms with Gasteiger partial charge in [-0.15, -0.1) is 0 Å². The van der Waals surface area contributed by atoms with Gasteiger partial charge < -0.3 is 14.0 Å². The summed E-state index contributed by atoms with van der Waals surface area (Å²) >= 11 is 0. The molecular formula is C19H15F3N2O5S. The molecule has 7 nitrogen and oxygen atoms in total. The molecule has 2 heterocycles. The number of aryl methyl sites for hydroxylation is 1. The third-order valence-corrected chi connectivity index (χ3v) is 6.01. The number of nitrogens with one attached hydrogen (secondary N) is 1. The van der Waals surface area contributed by atoms with Crippen molar-refractivity contribution in [3.63, 3.8) is 0 Å². The number of rotatable bonds is 5. The highest BCUT2D eigenvalue weighted by atomic mass is 32.2. The molecule has 0 saturated carbocycles. The van der Waals surface area contributed by atoms with E-state index < -0.39 is 22.0 Å². The van der Waals surface area contributed by atoms with Crippen LogP contribution in [0.2, 0.25) is 0 Å². The minimum absolute atomic E-state index is 0.00910. The van der Waals surface area contributed by atoms with Gasteiger partial charge in [0.1, 0.15) is 5.69 Å². The number of alkyl halides is 3. The summed E-state index contributed by atoms with van der Waals surface area (Å²) in [4.78, 5) is -0.0719. The average molecular weight is 440 g/mol. The first kappa shape index (κ1) is 20.2. The molecular weight excluding hydrogens is 425 g/mol. The Morgan fingerprint density at radius 1 is 1.07 bits per heavy atom. The number of fused-ring (bicyclic) bond motifs is 1. The number of aromatic nitrogens is 1. The van der Waals surface area contributed by atoms with Crippen LogP contribution in [-0.2, 0) is 22.7 Å². The predicted octanol–water partition coefficient (Wildman–Crippen LogP) is 3.88. The normalized spacial score (nSPS) is 13.6. The zero-order chi connectivity index (χ0) is 21.5. The monoisotopic (exact) mass is 440 g/mol. The number of nitrogens with zero attached hydrogens (tertiary/aromatic N) is 1. The van der Waals surface area contributed by atoms with Crippen molar-refractivity contribution in [1.29, 1.82) is 0 Å². The number of hydrogen-bond donors (Lipinski definition) is 1. The minimum Gasteiger partial charge on any atom is -0.454 e. The van der Waals surface area contributed by atoms with Gasteiger partial charge in [0.2, 0.25) is 22.6 Å². The van der Waals surface area contributed by atoms with Gasteiger partial charge in [-0.05, 0) is 36.2 Å². The molecule has 30 heavy (non-hydrogen) atoms. The molecule has 3 aromatic rings. The molecule has 0 bridgehead atoms. The number of sulfonamides is 1. The van der Waals surface area contributed by atoms with Crippen molar-refractivity contribution in [1.82, 2.24) is 9.88 Å². The van der Waals surface area contributed by atoms with Crippen molar-refractivity contribution in [2.75, 3.05) is 6.79 Å². The third-order valence-electron chi connectivity index (χ3n) is 4.47. The average Bonchev–Trinajstić information content (AvgIpc) is 3.35. The third kappa shape index (κ3) is 3.98. The Morgan fingerprint density at radius 2 is 1.83 bits per heavy atom. The molecule has 1 N–H and O–H groups in total. The Labute approximate surface area is 169 Å². The SMILES string of the molecule is Cc1ccc(-c2cc(C(F)(F)F)on2)cc1S(=O)(=O)NCc1ccc2c(c1)OCO2. The molecule has 1 aliphatic rings. The standard InChI is InChI=1S/C19H15F3N2O5S/c1-11-2-4-13(14-8-18(29-24-14)19(20,21)22)7-17(11)30(25,26)23-9-12-3-5-15-16(6-12)28-10-27-15/h2-8,23H,9-10H2,1H3. The molecule has 1 aliphatic heterocycles. The van der Waals surface area contributed by atoms with Crippen LogP contribution in [0.25, 0.3) is 11.3 Å². The first-order valence-electron chi connectivity index (χ1n) is 8.66. The lowest BCUT2D eigenvalue weighted by Crippen LogP contribution is -2.24. The largest absolute Gasteiger partial charge is 0.454 e. The molecule has 0 fully saturated rings. The molecule has 0 radical (unpaired) electrons. The second-order valence-corrected chi connectivity index (χ2v) is 8.30. The maximum atomic E-state index is 12.8. The van der Waals surface area contributed by atoms with E-state index in [4.69, 9.17) is 9.47 Å². The van der Waals surface area contributed by atoms with Crippen molar-refractivity contribution in [2.24, 2.45) is 0 Å². The highest BCUT2D eigenvalue weighted by molar-refractivity contribution is 7.89. The Kier molecular flexibility index (Phi) is 4.94. The first-order chi connectivity index (χ1) is 14.1. The fourth-order valence-corrected chi connectivity index (χ4v) is 4.19. The van der Waals surface area contributed by atoms with Gasteiger partial charge in [-0.1, -0.05) is 23.4 Å². The zero-order valence-electron chi connectivity index (χ0n) is 15.5. The fraction of sp³-hybridized carbons (Fsp3) is 0.211. The molecule has 0 atom stereocenters. The maximum Gasteiger partial charge on any atom is 0.452 e. The van der Waals surface area contributed by atoms with Crippen LogP contribution in [0.1, 0.15) is 16.9 Å². The van der Waals surface area contributed by atoms with Gasteiger partial charge in [-0.3, -0.25) is 0 Å².